The third kappa shape index (κ3) is 2.91. The molecular formula is C15H13FO3. The van der Waals surface area contributed by atoms with E-state index < -0.39 is 11.8 Å². The van der Waals surface area contributed by atoms with Crippen molar-refractivity contribution in [3.05, 3.63) is 58.9 Å². The fraction of sp³-hybridized carbons (Fsp3) is 0.133. The predicted octanol–water partition coefficient (Wildman–Crippen LogP) is 3.93. The Morgan fingerprint density at radius 1 is 1.11 bits per heavy atom. The number of carboxylic acid groups (broad SMARTS) is 1. The van der Waals surface area contributed by atoms with E-state index in [0.29, 0.717) is 5.75 Å². The number of carboxylic acids is 1. The molecule has 0 aliphatic carbocycles. The first-order valence-electron chi connectivity index (χ1n) is 5.75. The molecule has 2 aromatic carbocycles. The summed E-state index contributed by atoms with van der Waals surface area (Å²) in [6.07, 6.45) is 0. The molecule has 4 heteroatoms. The molecule has 0 heterocycles. The molecule has 2 aromatic rings. The molecular weight excluding hydrogens is 247 g/mol. The second-order valence-electron chi connectivity index (χ2n) is 4.30. The zero-order chi connectivity index (χ0) is 14.0. The molecule has 0 bridgehead atoms. The lowest BCUT2D eigenvalue weighted by molar-refractivity contribution is 0.0696. The average Bonchev–Trinajstić information content (AvgIpc) is 2.36. The maximum atomic E-state index is 13.7. The van der Waals surface area contributed by atoms with E-state index in [-0.39, 0.29) is 11.3 Å². The van der Waals surface area contributed by atoms with Gasteiger partial charge in [0.1, 0.15) is 5.75 Å². The van der Waals surface area contributed by atoms with E-state index in [1.165, 1.54) is 12.1 Å². The van der Waals surface area contributed by atoms with Gasteiger partial charge in [0, 0.05) is 0 Å². The fourth-order valence-corrected chi connectivity index (χ4v) is 1.62. The minimum atomic E-state index is -1.17. The summed E-state index contributed by atoms with van der Waals surface area (Å²) < 4.78 is 19.1. The van der Waals surface area contributed by atoms with Crippen molar-refractivity contribution in [3.8, 4) is 11.5 Å². The Labute approximate surface area is 110 Å². The van der Waals surface area contributed by atoms with E-state index in [1.54, 1.807) is 12.1 Å². The Hall–Kier alpha value is -2.36. The largest absolute Gasteiger partial charge is 0.478 e. The smallest absolute Gasteiger partial charge is 0.335 e. The first-order chi connectivity index (χ1) is 8.97. The van der Waals surface area contributed by atoms with Crippen LogP contribution in [0.25, 0.3) is 0 Å². The van der Waals surface area contributed by atoms with Gasteiger partial charge in [-0.1, -0.05) is 6.07 Å². The highest BCUT2D eigenvalue weighted by Gasteiger charge is 2.10. The van der Waals surface area contributed by atoms with Gasteiger partial charge in [0.2, 0.25) is 0 Å². The van der Waals surface area contributed by atoms with Gasteiger partial charge in [-0.3, -0.25) is 0 Å². The highest BCUT2D eigenvalue weighted by Crippen LogP contribution is 2.26. The monoisotopic (exact) mass is 260 g/mol. The van der Waals surface area contributed by atoms with Crippen molar-refractivity contribution in [3.63, 3.8) is 0 Å². The molecule has 0 atom stereocenters. The Balaban J connectivity index is 2.28. The zero-order valence-electron chi connectivity index (χ0n) is 10.6. The van der Waals surface area contributed by atoms with E-state index in [0.717, 1.165) is 17.2 Å². The van der Waals surface area contributed by atoms with Crippen molar-refractivity contribution in [2.45, 2.75) is 13.8 Å². The van der Waals surface area contributed by atoms with Gasteiger partial charge in [-0.2, -0.15) is 0 Å². The Morgan fingerprint density at radius 2 is 1.84 bits per heavy atom. The van der Waals surface area contributed by atoms with Crippen molar-refractivity contribution in [1.82, 2.24) is 0 Å². The predicted molar refractivity (Wildman–Crippen MR) is 69.3 cm³/mol. The summed E-state index contributed by atoms with van der Waals surface area (Å²) in [5.74, 6) is -1.34. The van der Waals surface area contributed by atoms with E-state index >= 15 is 0 Å². The van der Waals surface area contributed by atoms with Crippen molar-refractivity contribution in [2.75, 3.05) is 0 Å². The lowest BCUT2D eigenvalue weighted by atomic mass is 10.1. The van der Waals surface area contributed by atoms with Crippen molar-refractivity contribution >= 4 is 5.97 Å². The van der Waals surface area contributed by atoms with Crippen LogP contribution in [0.15, 0.2) is 36.4 Å². The molecule has 0 aromatic heterocycles. The van der Waals surface area contributed by atoms with Gasteiger partial charge in [-0.15, -0.1) is 0 Å². The first-order valence-corrected chi connectivity index (χ1v) is 5.75. The van der Waals surface area contributed by atoms with Crippen LogP contribution in [0.2, 0.25) is 0 Å². The molecule has 19 heavy (non-hydrogen) atoms. The van der Waals surface area contributed by atoms with Gasteiger partial charge >= 0.3 is 5.97 Å². The number of carbonyl (C=O) groups is 1. The minimum absolute atomic E-state index is 0.00764. The van der Waals surface area contributed by atoms with Gasteiger partial charge in [0.25, 0.3) is 0 Å². The Kier molecular flexibility index (Phi) is 3.51. The molecule has 0 aliphatic heterocycles. The molecule has 0 saturated heterocycles. The van der Waals surface area contributed by atoms with Crippen LogP contribution in [0.4, 0.5) is 4.39 Å². The van der Waals surface area contributed by atoms with Gasteiger partial charge in [0.05, 0.1) is 5.56 Å². The van der Waals surface area contributed by atoms with E-state index in [4.69, 9.17) is 9.84 Å². The molecule has 0 amide bonds. The lowest BCUT2D eigenvalue weighted by Crippen LogP contribution is -1.98. The zero-order valence-corrected chi connectivity index (χ0v) is 10.6. The average molecular weight is 260 g/mol. The van der Waals surface area contributed by atoms with E-state index in [2.05, 4.69) is 0 Å². The summed E-state index contributed by atoms with van der Waals surface area (Å²) in [6.45, 7) is 3.91. The van der Waals surface area contributed by atoms with Crippen LogP contribution in [-0.4, -0.2) is 11.1 Å². The molecule has 1 N–H and O–H groups in total. The number of ether oxygens (including phenoxy) is 1. The van der Waals surface area contributed by atoms with Crippen LogP contribution < -0.4 is 4.74 Å². The summed E-state index contributed by atoms with van der Waals surface area (Å²) in [7, 11) is 0. The Bertz CT molecular complexity index is 635. The van der Waals surface area contributed by atoms with Crippen LogP contribution in [0.1, 0.15) is 21.5 Å². The summed E-state index contributed by atoms with van der Waals surface area (Å²) in [5, 5.41) is 8.75. The third-order valence-electron chi connectivity index (χ3n) is 2.89. The molecule has 0 saturated carbocycles. The van der Waals surface area contributed by atoms with Gasteiger partial charge in [-0.25, -0.2) is 9.18 Å². The van der Waals surface area contributed by atoms with Gasteiger partial charge in [0.15, 0.2) is 11.6 Å². The number of aromatic carboxylic acids is 1. The van der Waals surface area contributed by atoms with E-state index in [1.807, 2.05) is 19.9 Å². The third-order valence-corrected chi connectivity index (χ3v) is 2.89. The van der Waals surface area contributed by atoms with Crippen LogP contribution in [0.5, 0.6) is 11.5 Å². The molecule has 0 spiro atoms. The molecule has 2 rings (SSSR count). The fourth-order valence-electron chi connectivity index (χ4n) is 1.62. The molecule has 0 radical (unpaired) electrons. The molecule has 98 valence electrons. The highest BCUT2D eigenvalue weighted by atomic mass is 19.1. The SMILES string of the molecule is Cc1ccc(Oc2ccc(C(=O)O)cc2F)cc1C. The highest BCUT2D eigenvalue weighted by molar-refractivity contribution is 5.87. The van der Waals surface area contributed by atoms with Crippen LogP contribution >= 0.6 is 0 Å². The van der Waals surface area contributed by atoms with Crippen molar-refractivity contribution in [1.29, 1.82) is 0 Å². The normalized spacial score (nSPS) is 10.3. The number of halogens is 1. The van der Waals surface area contributed by atoms with Crippen molar-refractivity contribution in [2.24, 2.45) is 0 Å². The summed E-state index contributed by atoms with van der Waals surface area (Å²) in [5.41, 5.74) is 2.05. The quantitative estimate of drug-likeness (QED) is 0.909. The molecule has 0 unspecified atom stereocenters. The number of aryl methyl sites for hydroxylation is 2. The summed E-state index contributed by atoms with van der Waals surface area (Å²) >= 11 is 0. The Morgan fingerprint density at radius 3 is 2.42 bits per heavy atom. The first kappa shape index (κ1) is 13.1. The second-order valence-corrected chi connectivity index (χ2v) is 4.30. The van der Waals surface area contributed by atoms with Crippen molar-refractivity contribution < 1.29 is 19.0 Å². The summed E-state index contributed by atoms with van der Waals surface area (Å²) in [4.78, 5) is 10.7. The van der Waals surface area contributed by atoms with E-state index in [9.17, 15) is 9.18 Å². The molecule has 0 aliphatic rings. The summed E-state index contributed by atoms with van der Waals surface area (Å²) in [6, 6.07) is 9.00. The maximum absolute atomic E-state index is 13.7. The number of hydrogen-bond donors (Lipinski definition) is 1. The van der Waals surface area contributed by atoms with Gasteiger partial charge < -0.3 is 9.84 Å². The second kappa shape index (κ2) is 5.10. The lowest BCUT2D eigenvalue weighted by Gasteiger charge is -2.09. The topological polar surface area (TPSA) is 46.5 Å². The van der Waals surface area contributed by atoms with Crippen LogP contribution in [0, 0.1) is 19.7 Å². The minimum Gasteiger partial charge on any atom is -0.478 e. The molecule has 3 nitrogen and oxygen atoms in total. The standard InChI is InChI=1S/C15H13FO3/c1-9-3-5-12(7-10(9)2)19-14-6-4-11(15(17)18)8-13(14)16/h3-8H,1-2H3,(H,17,18). The van der Waals surface area contributed by atoms with Gasteiger partial charge in [-0.05, 0) is 55.3 Å². The maximum Gasteiger partial charge on any atom is 0.335 e. The van der Waals surface area contributed by atoms with Crippen LogP contribution in [-0.2, 0) is 0 Å². The number of hydrogen-bond acceptors (Lipinski definition) is 2. The molecule has 0 fully saturated rings. The van der Waals surface area contributed by atoms with Crippen LogP contribution in [0.3, 0.4) is 0 Å². The number of rotatable bonds is 3. The number of benzene rings is 2.